The van der Waals surface area contributed by atoms with E-state index in [1.165, 1.54) is 4.90 Å². The number of hydrogen-bond donors (Lipinski definition) is 1. The Kier molecular flexibility index (Phi) is 5.96. The highest BCUT2D eigenvalue weighted by molar-refractivity contribution is 7.91. The molecule has 0 fully saturated rings. The summed E-state index contributed by atoms with van der Waals surface area (Å²) in [6.45, 7) is 4.53. The summed E-state index contributed by atoms with van der Waals surface area (Å²) < 4.78 is 21.8. The molecule has 0 saturated heterocycles. The molecule has 0 aromatic heterocycles. The van der Waals surface area contributed by atoms with E-state index in [1.54, 1.807) is 7.05 Å². The van der Waals surface area contributed by atoms with Crippen LogP contribution in [0.2, 0.25) is 0 Å². The van der Waals surface area contributed by atoms with Gasteiger partial charge in [0.05, 0.1) is 0 Å². The van der Waals surface area contributed by atoms with Crippen LogP contribution >= 0.6 is 0 Å². The molecule has 0 aliphatic rings. The van der Waals surface area contributed by atoms with E-state index < -0.39 is 15.6 Å². The van der Waals surface area contributed by atoms with Crippen molar-refractivity contribution in [1.29, 1.82) is 0 Å². The molecule has 1 amide bonds. The van der Waals surface area contributed by atoms with Crippen molar-refractivity contribution in [3.05, 3.63) is 0 Å². The third-order valence-corrected chi connectivity index (χ3v) is 3.24. The highest BCUT2D eigenvalue weighted by atomic mass is 32.2. The second-order valence-corrected chi connectivity index (χ2v) is 6.72. The molecule has 0 aliphatic carbocycles. The Balaban J connectivity index is 4.07. The molecule has 6 heteroatoms. The number of carbonyl (C=O) groups excluding carboxylic acids is 1. The van der Waals surface area contributed by atoms with E-state index in [4.69, 9.17) is 5.73 Å². The molecule has 0 aromatic rings. The second kappa shape index (κ2) is 6.20. The molecule has 0 spiro atoms. The first-order chi connectivity index (χ1) is 7.13. The quantitative estimate of drug-likeness (QED) is 0.711. The highest BCUT2D eigenvalue weighted by Gasteiger charge is 2.16. The number of hydrogen-bond acceptors (Lipinski definition) is 4. The molecule has 1 atom stereocenters. The number of nitrogens with two attached hydrogens (primary N) is 1. The van der Waals surface area contributed by atoms with Gasteiger partial charge in [-0.3, -0.25) is 4.79 Å². The number of sulfone groups is 1. The zero-order valence-electron chi connectivity index (χ0n) is 10.4. The van der Waals surface area contributed by atoms with Gasteiger partial charge in [0.15, 0.2) is 9.84 Å². The van der Waals surface area contributed by atoms with Crippen molar-refractivity contribution in [2.45, 2.75) is 26.3 Å². The van der Waals surface area contributed by atoms with Crippen LogP contribution in [0.5, 0.6) is 0 Å². The maximum absolute atomic E-state index is 11.4. The predicted molar refractivity (Wildman–Crippen MR) is 64.8 cm³/mol. The van der Waals surface area contributed by atoms with Crippen LogP contribution in [0.3, 0.4) is 0 Å². The molecule has 0 radical (unpaired) electrons. The summed E-state index contributed by atoms with van der Waals surface area (Å²) in [6, 6.07) is 0.0356. The van der Waals surface area contributed by atoms with Gasteiger partial charge in [0.2, 0.25) is 5.91 Å². The van der Waals surface area contributed by atoms with Crippen molar-refractivity contribution in [2.24, 2.45) is 11.7 Å². The van der Waals surface area contributed by atoms with E-state index >= 15 is 0 Å². The first-order valence-corrected chi connectivity index (χ1v) is 7.37. The number of nitrogens with zero attached hydrogens (tertiary/aromatic N) is 1. The van der Waals surface area contributed by atoms with Crippen LogP contribution in [0.25, 0.3) is 0 Å². The summed E-state index contributed by atoms with van der Waals surface area (Å²) in [6.07, 6.45) is 1.74. The molecular formula is C10H22N2O3S. The van der Waals surface area contributed by atoms with Gasteiger partial charge in [0, 0.05) is 25.9 Å². The van der Waals surface area contributed by atoms with Gasteiger partial charge in [-0.25, -0.2) is 8.42 Å². The van der Waals surface area contributed by atoms with Gasteiger partial charge >= 0.3 is 0 Å². The average Bonchev–Trinajstić information content (AvgIpc) is 2.10. The van der Waals surface area contributed by atoms with Crippen LogP contribution in [0.4, 0.5) is 0 Å². The average molecular weight is 250 g/mol. The minimum Gasteiger partial charge on any atom is -0.345 e. The highest BCUT2D eigenvalue weighted by Crippen LogP contribution is 2.04. The molecule has 16 heavy (non-hydrogen) atoms. The molecule has 96 valence electrons. The van der Waals surface area contributed by atoms with Crippen molar-refractivity contribution in [3.8, 4) is 0 Å². The first kappa shape index (κ1) is 15.4. The Labute approximate surface area is 97.9 Å². The number of carbonyl (C=O) groups is 1. The summed E-state index contributed by atoms with van der Waals surface area (Å²) >= 11 is 0. The van der Waals surface area contributed by atoms with Crippen LogP contribution < -0.4 is 5.73 Å². The van der Waals surface area contributed by atoms with Crippen LogP contribution in [0.15, 0.2) is 0 Å². The van der Waals surface area contributed by atoms with Crippen molar-refractivity contribution < 1.29 is 13.2 Å². The zero-order valence-corrected chi connectivity index (χ0v) is 11.3. The topological polar surface area (TPSA) is 80.5 Å². The van der Waals surface area contributed by atoms with Gasteiger partial charge < -0.3 is 10.6 Å². The number of rotatable bonds is 6. The van der Waals surface area contributed by atoms with E-state index in [-0.39, 0.29) is 11.9 Å². The Morgan fingerprint density at radius 3 is 2.25 bits per heavy atom. The van der Waals surface area contributed by atoms with Gasteiger partial charge in [-0.2, -0.15) is 0 Å². The third-order valence-electron chi connectivity index (χ3n) is 2.47. The summed E-state index contributed by atoms with van der Waals surface area (Å²) in [4.78, 5) is 12.9. The fraction of sp³-hybridized carbons (Fsp3) is 0.900. The van der Waals surface area contributed by atoms with Crippen molar-refractivity contribution in [3.63, 3.8) is 0 Å². The molecule has 0 heterocycles. The van der Waals surface area contributed by atoms with E-state index in [2.05, 4.69) is 0 Å². The second-order valence-electron chi connectivity index (χ2n) is 4.58. The molecule has 5 nitrogen and oxygen atoms in total. The smallest absolute Gasteiger partial charge is 0.237 e. The summed E-state index contributed by atoms with van der Waals surface area (Å²) in [7, 11) is -1.65. The van der Waals surface area contributed by atoms with Gasteiger partial charge in [0.25, 0.3) is 0 Å². The standard InChI is InChI=1S/C10H22N2O3S/c1-8(2)9(11)5-6-12(3)10(13)7-16(4,14)15/h8-9H,5-7,11H2,1-4H3. The molecule has 1 unspecified atom stereocenters. The van der Waals surface area contributed by atoms with Gasteiger partial charge in [0.1, 0.15) is 5.75 Å². The molecule has 0 saturated carbocycles. The minimum absolute atomic E-state index is 0.0356. The van der Waals surface area contributed by atoms with Gasteiger partial charge in [-0.1, -0.05) is 13.8 Å². The lowest BCUT2D eigenvalue weighted by Crippen LogP contribution is -2.37. The summed E-state index contributed by atoms with van der Waals surface area (Å²) in [5, 5.41) is 0. The van der Waals surface area contributed by atoms with E-state index in [0.717, 1.165) is 6.26 Å². The fourth-order valence-electron chi connectivity index (χ4n) is 1.14. The van der Waals surface area contributed by atoms with Crippen molar-refractivity contribution >= 4 is 15.7 Å². The van der Waals surface area contributed by atoms with Gasteiger partial charge in [-0.15, -0.1) is 0 Å². The van der Waals surface area contributed by atoms with Crippen LogP contribution in [0.1, 0.15) is 20.3 Å². The first-order valence-electron chi connectivity index (χ1n) is 5.30. The lowest BCUT2D eigenvalue weighted by atomic mass is 10.0. The largest absolute Gasteiger partial charge is 0.345 e. The van der Waals surface area contributed by atoms with Crippen LogP contribution in [-0.2, 0) is 14.6 Å². The number of amides is 1. The molecule has 0 aromatic carbocycles. The van der Waals surface area contributed by atoms with Crippen molar-refractivity contribution in [2.75, 3.05) is 25.6 Å². The molecular weight excluding hydrogens is 228 g/mol. The Morgan fingerprint density at radius 2 is 1.88 bits per heavy atom. The molecule has 2 N–H and O–H groups in total. The van der Waals surface area contributed by atoms with Crippen molar-refractivity contribution in [1.82, 2.24) is 4.90 Å². The van der Waals surface area contributed by atoms with E-state index in [1.807, 2.05) is 13.8 Å². The minimum atomic E-state index is -3.25. The Bertz CT molecular complexity index is 325. The predicted octanol–water partition coefficient (Wildman–Crippen LogP) is -0.137. The van der Waals surface area contributed by atoms with Crippen LogP contribution in [0, 0.1) is 5.92 Å². The lowest BCUT2D eigenvalue weighted by Gasteiger charge is -2.21. The summed E-state index contributed by atoms with van der Waals surface area (Å²) in [5.74, 6) is -0.447. The van der Waals surface area contributed by atoms with E-state index in [9.17, 15) is 13.2 Å². The maximum Gasteiger partial charge on any atom is 0.237 e. The molecule has 0 aliphatic heterocycles. The van der Waals surface area contributed by atoms with Crippen LogP contribution in [-0.4, -0.2) is 50.9 Å². The normalized spacial score (nSPS) is 13.9. The summed E-state index contributed by atoms with van der Waals surface area (Å²) in [5.41, 5.74) is 5.84. The monoisotopic (exact) mass is 250 g/mol. The molecule has 0 rings (SSSR count). The SMILES string of the molecule is CC(C)C(N)CCN(C)C(=O)CS(C)(=O)=O. The van der Waals surface area contributed by atoms with Gasteiger partial charge in [-0.05, 0) is 12.3 Å². The maximum atomic E-state index is 11.4. The Hall–Kier alpha value is -0.620. The fourth-order valence-corrected chi connectivity index (χ4v) is 1.80. The zero-order chi connectivity index (χ0) is 12.9. The molecule has 0 bridgehead atoms. The lowest BCUT2D eigenvalue weighted by molar-refractivity contribution is -0.127. The third kappa shape index (κ3) is 6.79. The Morgan fingerprint density at radius 1 is 1.38 bits per heavy atom. The van der Waals surface area contributed by atoms with E-state index in [0.29, 0.717) is 18.9 Å².